The van der Waals surface area contributed by atoms with E-state index in [1.54, 1.807) is 18.5 Å². The van der Waals surface area contributed by atoms with Crippen LogP contribution in [0.15, 0.2) is 53.9 Å². The quantitative estimate of drug-likeness (QED) is 0.365. The predicted octanol–water partition coefficient (Wildman–Crippen LogP) is 2.23. The minimum Gasteiger partial charge on any atom is -0.434 e. The molecule has 1 atom stereocenters. The Morgan fingerprint density at radius 3 is 2.87 bits per heavy atom. The molecule has 162 valence electrons. The summed E-state index contributed by atoms with van der Waals surface area (Å²) in [4.78, 5) is 4.06. The molecule has 0 spiro atoms. The zero-order chi connectivity index (χ0) is 22.2. The number of anilines is 1. The summed E-state index contributed by atoms with van der Waals surface area (Å²) in [7, 11) is -3.63. The van der Waals surface area contributed by atoms with Crippen LogP contribution in [0.25, 0.3) is 16.9 Å². The van der Waals surface area contributed by atoms with E-state index < -0.39 is 22.7 Å². The van der Waals surface area contributed by atoms with Gasteiger partial charge < -0.3 is 15.2 Å². The number of ether oxygens (including phenoxy) is 1. The Hall–Kier alpha value is -3.58. The van der Waals surface area contributed by atoms with Gasteiger partial charge in [-0.15, -0.1) is 0 Å². The molecule has 0 fully saturated rings. The SMILES string of the molecule is CS(=O)(=O)c1ccc(OC(F)F)c(-c2n[nH]cc2NC(O)c2cnn3cccnc23)c1. The number of rotatable bonds is 7. The van der Waals surface area contributed by atoms with Gasteiger partial charge in [-0.3, -0.25) is 5.10 Å². The summed E-state index contributed by atoms with van der Waals surface area (Å²) in [6.07, 6.45) is 5.73. The molecule has 4 aromatic rings. The number of aliphatic hydroxyl groups is 1. The van der Waals surface area contributed by atoms with Gasteiger partial charge in [0.05, 0.1) is 22.3 Å². The van der Waals surface area contributed by atoms with Crippen LogP contribution in [0.4, 0.5) is 14.5 Å². The fraction of sp³-hybridized carbons (Fsp3) is 0.167. The first-order chi connectivity index (χ1) is 14.7. The van der Waals surface area contributed by atoms with Gasteiger partial charge in [0.2, 0.25) is 0 Å². The van der Waals surface area contributed by atoms with Crippen molar-refractivity contribution in [1.29, 1.82) is 0 Å². The van der Waals surface area contributed by atoms with E-state index in [0.29, 0.717) is 11.2 Å². The molecular formula is C18H16F2N6O4S. The Morgan fingerprint density at radius 1 is 1.32 bits per heavy atom. The zero-order valence-electron chi connectivity index (χ0n) is 15.9. The normalized spacial score (nSPS) is 12.9. The third-order valence-corrected chi connectivity index (χ3v) is 5.49. The molecule has 4 rings (SSSR count). The van der Waals surface area contributed by atoms with E-state index in [2.05, 4.69) is 30.3 Å². The molecule has 0 radical (unpaired) electrons. The number of aromatic nitrogens is 5. The van der Waals surface area contributed by atoms with Gasteiger partial charge in [-0.05, 0) is 24.3 Å². The summed E-state index contributed by atoms with van der Waals surface area (Å²) in [5, 5.41) is 24.1. The Balaban J connectivity index is 1.73. The van der Waals surface area contributed by atoms with Crippen molar-refractivity contribution in [1.82, 2.24) is 24.8 Å². The van der Waals surface area contributed by atoms with Crippen LogP contribution in [0.1, 0.15) is 11.8 Å². The van der Waals surface area contributed by atoms with Crippen molar-refractivity contribution in [2.75, 3.05) is 11.6 Å². The minimum atomic E-state index is -3.63. The number of hydrogen-bond donors (Lipinski definition) is 3. The molecule has 0 aliphatic carbocycles. The number of benzene rings is 1. The van der Waals surface area contributed by atoms with Gasteiger partial charge in [-0.25, -0.2) is 17.9 Å². The highest BCUT2D eigenvalue weighted by Crippen LogP contribution is 2.37. The van der Waals surface area contributed by atoms with Crippen molar-refractivity contribution in [2.24, 2.45) is 0 Å². The predicted molar refractivity (Wildman–Crippen MR) is 105 cm³/mol. The minimum absolute atomic E-state index is 0.00263. The van der Waals surface area contributed by atoms with Gasteiger partial charge >= 0.3 is 6.61 Å². The standard InChI is InChI=1S/C18H16F2N6O4S/c1-31(28,29)10-3-4-14(30-18(19)20)11(7-10)15-13(9-22-25-15)24-17(27)12-8-23-26-6-2-5-21-16(12)26/h2-9,17-18,24,27H,1H3,(H,22,25). The molecule has 10 nitrogen and oxygen atoms in total. The monoisotopic (exact) mass is 450 g/mol. The average Bonchev–Trinajstić information content (AvgIpc) is 3.34. The first kappa shape index (κ1) is 20.7. The molecule has 0 bridgehead atoms. The van der Waals surface area contributed by atoms with Gasteiger partial charge in [0, 0.05) is 30.4 Å². The van der Waals surface area contributed by atoms with Crippen LogP contribution in [0, 0.1) is 0 Å². The van der Waals surface area contributed by atoms with Crippen LogP contribution in [0.2, 0.25) is 0 Å². The van der Waals surface area contributed by atoms with Crippen molar-refractivity contribution < 1.29 is 27.0 Å². The van der Waals surface area contributed by atoms with Crippen LogP contribution in [0.3, 0.4) is 0 Å². The van der Waals surface area contributed by atoms with Gasteiger partial charge in [-0.1, -0.05) is 0 Å². The molecule has 3 aromatic heterocycles. The molecule has 0 saturated heterocycles. The summed E-state index contributed by atoms with van der Waals surface area (Å²) in [6, 6.07) is 5.15. The summed E-state index contributed by atoms with van der Waals surface area (Å²) in [5.41, 5.74) is 1.06. The van der Waals surface area contributed by atoms with Crippen LogP contribution in [-0.4, -0.2) is 51.2 Å². The van der Waals surface area contributed by atoms with Crippen molar-refractivity contribution in [2.45, 2.75) is 17.7 Å². The molecule has 3 N–H and O–H groups in total. The number of hydrogen-bond acceptors (Lipinski definition) is 8. The van der Waals surface area contributed by atoms with E-state index in [-0.39, 0.29) is 27.6 Å². The largest absolute Gasteiger partial charge is 0.434 e. The molecule has 1 aromatic carbocycles. The molecule has 0 saturated carbocycles. The number of nitrogens with zero attached hydrogens (tertiary/aromatic N) is 4. The molecule has 3 heterocycles. The number of H-pyrrole nitrogens is 1. The smallest absolute Gasteiger partial charge is 0.387 e. The maximum Gasteiger partial charge on any atom is 0.387 e. The summed E-state index contributed by atoms with van der Waals surface area (Å²) >= 11 is 0. The third kappa shape index (κ3) is 4.18. The number of fused-ring (bicyclic) bond motifs is 1. The molecule has 31 heavy (non-hydrogen) atoms. The number of halogens is 2. The highest BCUT2D eigenvalue weighted by molar-refractivity contribution is 7.90. The van der Waals surface area contributed by atoms with Crippen molar-refractivity contribution >= 4 is 21.2 Å². The summed E-state index contributed by atoms with van der Waals surface area (Å²) in [6.45, 7) is -3.13. The van der Waals surface area contributed by atoms with Crippen molar-refractivity contribution in [3.8, 4) is 17.0 Å². The van der Waals surface area contributed by atoms with E-state index in [1.165, 1.54) is 23.0 Å². The van der Waals surface area contributed by atoms with Crippen molar-refractivity contribution in [3.63, 3.8) is 0 Å². The second-order valence-corrected chi connectivity index (χ2v) is 8.51. The van der Waals surface area contributed by atoms with Crippen LogP contribution >= 0.6 is 0 Å². The number of nitrogens with one attached hydrogen (secondary N) is 2. The van der Waals surface area contributed by atoms with Crippen molar-refractivity contribution in [3.05, 3.63) is 54.6 Å². The fourth-order valence-electron chi connectivity index (χ4n) is 2.99. The number of alkyl halides is 2. The lowest BCUT2D eigenvalue weighted by Gasteiger charge is -2.15. The van der Waals surface area contributed by atoms with E-state index >= 15 is 0 Å². The fourth-order valence-corrected chi connectivity index (χ4v) is 3.64. The molecule has 0 aliphatic heterocycles. The molecule has 0 amide bonds. The maximum atomic E-state index is 12.9. The van der Waals surface area contributed by atoms with Gasteiger partial charge in [-0.2, -0.15) is 19.0 Å². The maximum absolute atomic E-state index is 12.9. The van der Waals surface area contributed by atoms with Crippen LogP contribution in [0.5, 0.6) is 5.75 Å². The van der Waals surface area contributed by atoms with Crippen LogP contribution < -0.4 is 10.1 Å². The number of aromatic amines is 1. The highest BCUT2D eigenvalue weighted by atomic mass is 32.2. The highest BCUT2D eigenvalue weighted by Gasteiger charge is 2.22. The Bertz CT molecular complexity index is 1340. The zero-order valence-corrected chi connectivity index (χ0v) is 16.7. The van der Waals surface area contributed by atoms with E-state index in [1.807, 2.05) is 0 Å². The van der Waals surface area contributed by atoms with Gasteiger partial charge in [0.1, 0.15) is 11.4 Å². The molecule has 1 unspecified atom stereocenters. The Labute approximate surface area is 174 Å². The molecule has 13 heteroatoms. The lowest BCUT2D eigenvalue weighted by Crippen LogP contribution is -2.10. The van der Waals surface area contributed by atoms with Gasteiger partial charge in [0.25, 0.3) is 0 Å². The lowest BCUT2D eigenvalue weighted by atomic mass is 10.1. The first-order valence-corrected chi connectivity index (χ1v) is 10.7. The topological polar surface area (TPSA) is 134 Å². The van der Waals surface area contributed by atoms with Gasteiger partial charge in [0.15, 0.2) is 21.7 Å². The van der Waals surface area contributed by atoms with E-state index in [4.69, 9.17) is 0 Å². The molecular weight excluding hydrogens is 434 g/mol. The average molecular weight is 450 g/mol. The number of aliphatic hydroxyl groups excluding tert-OH is 1. The lowest BCUT2D eigenvalue weighted by molar-refractivity contribution is -0.0494. The molecule has 0 aliphatic rings. The summed E-state index contributed by atoms with van der Waals surface area (Å²) in [5.74, 6) is -0.273. The van der Waals surface area contributed by atoms with E-state index in [0.717, 1.165) is 18.4 Å². The first-order valence-electron chi connectivity index (χ1n) is 8.80. The van der Waals surface area contributed by atoms with E-state index in [9.17, 15) is 22.3 Å². The second-order valence-electron chi connectivity index (χ2n) is 6.49. The number of sulfone groups is 1. The summed E-state index contributed by atoms with van der Waals surface area (Å²) < 4.78 is 55.6. The third-order valence-electron chi connectivity index (χ3n) is 4.38. The Kier molecular flexibility index (Phi) is 5.29. The van der Waals surface area contributed by atoms with Crippen LogP contribution in [-0.2, 0) is 9.84 Å². The second kappa shape index (κ2) is 7.92. The Morgan fingerprint density at radius 2 is 2.13 bits per heavy atom.